The molecule has 2 rings (SSSR count). The molecular weight excluding hydrogens is 200 g/mol. The van der Waals surface area contributed by atoms with Crippen molar-refractivity contribution in [3.63, 3.8) is 0 Å². The van der Waals surface area contributed by atoms with Crippen LogP contribution in [0, 0.1) is 11.3 Å². The quantitative estimate of drug-likeness (QED) is 0.705. The second-order valence-corrected chi connectivity index (χ2v) is 4.16. The number of hydrogen-bond acceptors (Lipinski definition) is 4. The molecule has 0 aliphatic carbocycles. The second kappa shape index (κ2) is 4.95. The average molecular weight is 216 g/mol. The summed E-state index contributed by atoms with van der Waals surface area (Å²) in [5.74, 6) is 0.925. The highest BCUT2D eigenvalue weighted by molar-refractivity contribution is 5.44. The van der Waals surface area contributed by atoms with Gasteiger partial charge in [0.2, 0.25) is 0 Å². The lowest BCUT2D eigenvalue weighted by molar-refractivity contribution is 0.360. The maximum atomic E-state index is 8.85. The zero-order valence-corrected chi connectivity index (χ0v) is 9.56. The van der Waals surface area contributed by atoms with Crippen LogP contribution in [0.1, 0.15) is 12.0 Å². The SMILES string of the molecule is CN1CCCN(c2cc(C#N)ccn2)CC1. The molecule has 84 valence electrons. The van der Waals surface area contributed by atoms with Crippen LogP contribution in [-0.2, 0) is 0 Å². The van der Waals surface area contributed by atoms with Gasteiger partial charge < -0.3 is 9.80 Å². The predicted octanol–water partition coefficient (Wildman–Crippen LogP) is 1.10. The van der Waals surface area contributed by atoms with Crippen LogP contribution in [-0.4, -0.2) is 43.1 Å². The molecule has 1 saturated heterocycles. The molecule has 0 spiro atoms. The number of aromatic nitrogens is 1. The molecule has 16 heavy (non-hydrogen) atoms. The fourth-order valence-corrected chi connectivity index (χ4v) is 1.94. The largest absolute Gasteiger partial charge is 0.355 e. The normalized spacial score (nSPS) is 17.9. The minimum atomic E-state index is 0.683. The Kier molecular flexibility index (Phi) is 3.37. The van der Waals surface area contributed by atoms with E-state index in [2.05, 4.69) is 27.9 Å². The Morgan fingerprint density at radius 3 is 3.00 bits per heavy atom. The van der Waals surface area contributed by atoms with E-state index in [-0.39, 0.29) is 0 Å². The molecule has 0 bridgehead atoms. The average Bonchev–Trinajstić information content (AvgIpc) is 2.54. The summed E-state index contributed by atoms with van der Waals surface area (Å²) in [6.45, 7) is 4.19. The Labute approximate surface area is 96.1 Å². The molecule has 0 N–H and O–H groups in total. The molecule has 4 nitrogen and oxygen atoms in total. The standard InChI is InChI=1S/C12H16N4/c1-15-5-2-6-16(8-7-15)12-9-11(10-13)3-4-14-12/h3-4,9H,2,5-8H2,1H3. The number of likely N-dealkylation sites (N-methyl/N-ethyl adjacent to an activating group) is 1. The highest BCUT2D eigenvalue weighted by Crippen LogP contribution is 2.14. The Bertz CT molecular complexity index is 396. The maximum absolute atomic E-state index is 8.85. The predicted molar refractivity (Wildman–Crippen MR) is 63.3 cm³/mol. The molecule has 0 aromatic carbocycles. The van der Waals surface area contributed by atoms with Crippen LogP contribution in [0.2, 0.25) is 0 Å². The smallest absolute Gasteiger partial charge is 0.129 e. The number of nitrogens with zero attached hydrogens (tertiary/aromatic N) is 4. The fourth-order valence-electron chi connectivity index (χ4n) is 1.94. The molecule has 1 aromatic heterocycles. The van der Waals surface area contributed by atoms with Gasteiger partial charge in [0.15, 0.2) is 0 Å². The van der Waals surface area contributed by atoms with Crippen molar-refractivity contribution in [3.05, 3.63) is 23.9 Å². The molecule has 2 heterocycles. The number of anilines is 1. The number of rotatable bonds is 1. The number of hydrogen-bond donors (Lipinski definition) is 0. The van der Waals surface area contributed by atoms with Crippen LogP contribution in [0.3, 0.4) is 0 Å². The third-order valence-electron chi connectivity index (χ3n) is 2.92. The van der Waals surface area contributed by atoms with Crippen LogP contribution in [0.4, 0.5) is 5.82 Å². The molecule has 0 radical (unpaired) electrons. The van der Waals surface area contributed by atoms with Crippen molar-refractivity contribution in [2.75, 3.05) is 38.1 Å². The zero-order chi connectivity index (χ0) is 11.4. The number of pyridine rings is 1. The summed E-state index contributed by atoms with van der Waals surface area (Å²) in [7, 11) is 2.14. The summed E-state index contributed by atoms with van der Waals surface area (Å²) < 4.78 is 0. The first-order valence-electron chi connectivity index (χ1n) is 5.59. The van der Waals surface area contributed by atoms with Crippen molar-refractivity contribution in [1.82, 2.24) is 9.88 Å². The van der Waals surface area contributed by atoms with E-state index in [1.807, 2.05) is 6.07 Å². The molecule has 0 amide bonds. The summed E-state index contributed by atoms with van der Waals surface area (Å²) >= 11 is 0. The summed E-state index contributed by atoms with van der Waals surface area (Å²) in [6.07, 6.45) is 2.86. The summed E-state index contributed by atoms with van der Waals surface area (Å²) in [5.41, 5.74) is 0.683. The van der Waals surface area contributed by atoms with Crippen molar-refractivity contribution >= 4 is 5.82 Å². The van der Waals surface area contributed by atoms with Crippen molar-refractivity contribution in [3.8, 4) is 6.07 Å². The highest BCUT2D eigenvalue weighted by Gasteiger charge is 2.13. The van der Waals surface area contributed by atoms with Crippen LogP contribution < -0.4 is 4.90 Å². The Balaban J connectivity index is 2.14. The van der Waals surface area contributed by atoms with Gasteiger partial charge in [-0.25, -0.2) is 4.98 Å². The monoisotopic (exact) mass is 216 g/mol. The second-order valence-electron chi connectivity index (χ2n) is 4.16. The van der Waals surface area contributed by atoms with Gasteiger partial charge in [-0.2, -0.15) is 5.26 Å². The fraction of sp³-hybridized carbons (Fsp3) is 0.500. The van der Waals surface area contributed by atoms with Gasteiger partial charge in [-0.3, -0.25) is 0 Å². The lowest BCUT2D eigenvalue weighted by Crippen LogP contribution is -2.29. The molecular formula is C12H16N4. The Morgan fingerprint density at radius 2 is 2.19 bits per heavy atom. The first-order chi connectivity index (χ1) is 7.79. The molecule has 0 saturated carbocycles. The lowest BCUT2D eigenvalue weighted by atomic mass is 10.2. The van der Waals surface area contributed by atoms with Gasteiger partial charge >= 0.3 is 0 Å². The maximum Gasteiger partial charge on any atom is 0.129 e. The van der Waals surface area contributed by atoms with E-state index >= 15 is 0 Å². The first kappa shape index (κ1) is 10.9. The van der Waals surface area contributed by atoms with Crippen molar-refractivity contribution in [1.29, 1.82) is 5.26 Å². The molecule has 0 unspecified atom stereocenters. The highest BCUT2D eigenvalue weighted by atomic mass is 15.2. The minimum absolute atomic E-state index is 0.683. The van der Waals surface area contributed by atoms with Crippen LogP contribution in [0.15, 0.2) is 18.3 Å². The minimum Gasteiger partial charge on any atom is -0.355 e. The van der Waals surface area contributed by atoms with Crippen molar-refractivity contribution in [2.24, 2.45) is 0 Å². The van der Waals surface area contributed by atoms with Crippen LogP contribution in [0.5, 0.6) is 0 Å². The zero-order valence-electron chi connectivity index (χ0n) is 9.56. The number of nitriles is 1. The molecule has 4 heteroatoms. The summed E-state index contributed by atoms with van der Waals surface area (Å²) in [4.78, 5) is 8.92. The third kappa shape index (κ3) is 2.50. The van der Waals surface area contributed by atoms with Crippen LogP contribution in [0.25, 0.3) is 0 Å². The summed E-state index contributed by atoms with van der Waals surface area (Å²) in [5, 5.41) is 8.85. The van der Waals surface area contributed by atoms with Gasteiger partial charge in [0.25, 0.3) is 0 Å². The first-order valence-corrected chi connectivity index (χ1v) is 5.59. The van der Waals surface area contributed by atoms with Gasteiger partial charge in [-0.1, -0.05) is 0 Å². The Morgan fingerprint density at radius 1 is 1.31 bits per heavy atom. The van der Waals surface area contributed by atoms with E-state index in [0.717, 1.165) is 38.4 Å². The molecule has 1 aromatic rings. The van der Waals surface area contributed by atoms with E-state index in [4.69, 9.17) is 5.26 Å². The third-order valence-corrected chi connectivity index (χ3v) is 2.92. The van der Waals surface area contributed by atoms with Crippen LogP contribution >= 0.6 is 0 Å². The van der Waals surface area contributed by atoms with Crippen molar-refractivity contribution < 1.29 is 0 Å². The Hall–Kier alpha value is -1.60. The van der Waals surface area contributed by atoms with Gasteiger partial charge in [0.1, 0.15) is 5.82 Å². The lowest BCUT2D eigenvalue weighted by Gasteiger charge is -2.21. The van der Waals surface area contributed by atoms with E-state index in [1.165, 1.54) is 0 Å². The molecule has 0 atom stereocenters. The van der Waals surface area contributed by atoms with Gasteiger partial charge in [0.05, 0.1) is 11.6 Å². The topological polar surface area (TPSA) is 43.2 Å². The van der Waals surface area contributed by atoms with E-state index < -0.39 is 0 Å². The van der Waals surface area contributed by atoms with E-state index in [1.54, 1.807) is 12.3 Å². The van der Waals surface area contributed by atoms with E-state index in [0.29, 0.717) is 5.56 Å². The summed E-state index contributed by atoms with van der Waals surface area (Å²) in [6, 6.07) is 5.76. The van der Waals surface area contributed by atoms with Gasteiger partial charge in [-0.15, -0.1) is 0 Å². The van der Waals surface area contributed by atoms with E-state index in [9.17, 15) is 0 Å². The van der Waals surface area contributed by atoms with Gasteiger partial charge in [0, 0.05) is 25.8 Å². The molecule has 1 aliphatic heterocycles. The molecule has 1 aliphatic rings. The van der Waals surface area contributed by atoms with Crippen molar-refractivity contribution in [2.45, 2.75) is 6.42 Å². The molecule has 1 fully saturated rings. The van der Waals surface area contributed by atoms with Gasteiger partial charge in [-0.05, 0) is 32.1 Å².